The fourth-order valence-corrected chi connectivity index (χ4v) is 0.770. The van der Waals surface area contributed by atoms with Crippen LogP contribution in [0, 0.1) is 5.92 Å². The van der Waals surface area contributed by atoms with Gasteiger partial charge in [0.15, 0.2) is 0 Å². The van der Waals surface area contributed by atoms with Crippen LogP contribution >= 0.6 is 0 Å². The zero-order valence-corrected chi connectivity index (χ0v) is 7.27. The van der Waals surface area contributed by atoms with Crippen molar-refractivity contribution in [1.82, 2.24) is 0 Å². The van der Waals surface area contributed by atoms with E-state index in [-0.39, 0.29) is 5.92 Å². The Hall–Kier alpha value is -0.590. The monoisotopic (exact) mass is 140 g/mol. The topological polar surface area (TPSA) is 17.1 Å². The number of carbonyl (C=O) groups is 1. The van der Waals surface area contributed by atoms with E-state index in [1.54, 1.807) is 0 Å². The molecule has 0 heterocycles. The van der Waals surface area contributed by atoms with Gasteiger partial charge in [-0.25, -0.2) is 0 Å². The van der Waals surface area contributed by atoms with Crippen molar-refractivity contribution in [2.24, 2.45) is 5.92 Å². The summed E-state index contributed by atoms with van der Waals surface area (Å²) >= 11 is 0. The average molecular weight is 140 g/mol. The fourth-order valence-electron chi connectivity index (χ4n) is 0.770. The van der Waals surface area contributed by atoms with Crippen LogP contribution in [0.5, 0.6) is 0 Å². The Morgan fingerprint density at radius 3 is 2.30 bits per heavy atom. The van der Waals surface area contributed by atoms with Crippen LogP contribution in [0.1, 0.15) is 34.1 Å². The van der Waals surface area contributed by atoms with Gasteiger partial charge in [-0.3, -0.25) is 0 Å². The summed E-state index contributed by atoms with van der Waals surface area (Å²) in [7, 11) is 0. The Balaban J connectivity index is 4.29. The second-order valence-electron chi connectivity index (χ2n) is 2.74. The quantitative estimate of drug-likeness (QED) is 0.435. The Bertz CT molecular complexity index is 145. The van der Waals surface area contributed by atoms with Gasteiger partial charge in [0.2, 0.25) is 0 Å². The SMILES string of the molecule is CC/C(C)=C(\C)C(C)C=O. The Morgan fingerprint density at radius 2 is 2.00 bits per heavy atom. The van der Waals surface area contributed by atoms with E-state index in [9.17, 15) is 4.79 Å². The van der Waals surface area contributed by atoms with E-state index < -0.39 is 0 Å². The first-order valence-electron chi connectivity index (χ1n) is 3.75. The average Bonchev–Trinajstić information content (AvgIpc) is 2.00. The first-order chi connectivity index (χ1) is 4.63. The molecule has 1 atom stereocenters. The number of carbonyl (C=O) groups excluding carboxylic acids is 1. The molecule has 0 aliphatic rings. The van der Waals surface area contributed by atoms with Crippen molar-refractivity contribution in [3.05, 3.63) is 11.1 Å². The summed E-state index contributed by atoms with van der Waals surface area (Å²) in [4.78, 5) is 10.3. The largest absolute Gasteiger partial charge is 0.303 e. The molecule has 0 rings (SSSR count). The van der Waals surface area contributed by atoms with Crippen molar-refractivity contribution < 1.29 is 4.79 Å². The number of hydrogen-bond acceptors (Lipinski definition) is 1. The van der Waals surface area contributed by atoms with Gasteiger partial charge in [-0.2, -0.15) is 0 Å². The molecule has 0 aromatic carbocycles. The van der Waals surface area contributed by atoms with Gasteiger partial charge in [0.1, 0.15) is 6.29 Å². The summed E-state index contributed by atoms with van der Waals surface area (Å²) in [6, 6.07) is 0. The molecule has 1 heteroatoms. The van der Waals surface area contributed by atoms with Gasteiger partial charge >= 0.3 is 0 Å². The molecule has 0 aromatic rings. The van der Waals surface area contributed by atoms with Gasteiger partial charge in [0.25, 0.3) is 0 Å². The highest BCUT2D eigenvalue weighted by Gasteiger charge is 2.03. The minimum atomic E-state index is 0.0972. The number of aldehydes is 1. The zero-order valence-electron chi connectivity index (χ0n) is 7.27. The predicted octanol–water partition coefficient (Wildman–Crippen LogP) is 2.57. The van der Waals surface area contributed by atoms with Crippen molar-refractivity contribution in [3.8, 4) is 0 Å². The normalized spacial score (nSPS) is 16.0. The molecule has 10 heavy (non-hydrogen) atoms. The Kier molecular flexibility index (Phi) is 4.01. The van der Waals surface area contributed by atoms with E-state index in [0.717, 1.165) is 12.7 Å². The van der Waals surface area contributed by atoms with Crippen molar-refractivity contribution in [3.63, 3.8) is 0 Å². The summed E-state index contributed by atoms with van der Waals surface area (Å²) in [6.45, 7) is 8.14. The molecule has 0 saturated carbocycles. The van der Waals surface area contributed by atoms with Crippen LogP contribution in [0.15, 0.2) is 11.1 Å². The fraction of sp³-hybridized carbons (Fsp3) is 0.667. The van der Waals surface area contributed by atoms with E-state index in [2.05, 4.69) is 13.8 Å². The van der Waals surface area contributed by atoms with E-state index >= 15 is 0 Å². The van der Waals surface area contributed by atoms with E-state index in [1.165, 1.54) is 11.1 Å². The molecule has 0 spiro atoms. The lowest BCUT2D eigenvalue weighted by atomic mass is 9.98. The van der Waals surface area contributed by atoms with E-state index in [0.29, 0.717) is 0 Å². The van der Waals surface area contributed by atoms with Gasteiger partial charge in [0, 0.05) is 5.92 Å². The third-order valence-electron chi connectivity index (χ3n) is 2.09. The molecule has 0 radical (unpaired) electrons. The third-order valence-corrected chi connectivity index (χ3v) is 2.09. The lowest BCUT2D eigenvalue weighted by Crippen LogP contribution is -1.99. The summed E-state index contributed by atoms with van der Waals surface area (Å²) in [5.74, 6) is 0.0972. The highest BCUT2D eigenvalue weighted by Crippen LogP contribution is 2.14. The Labute approximate surface area is 63.1 Å². The molecule has 0 aliphatic heterocycles. The highest BCUT2D eigenvalue weighted by atomic mass is 16.1. The third kappa shape index (κ3) is 2.34. The minimum Gasteiger partial charge on any atom is -0.303 e. The van der Waals surface area contributed by atoms with Crippen LogP contribution in [0.4, 0.5) is 0 Å². The van der Waals surface area contributed by atoms with Gasteiger partial charge in [0.05, 0.1) is 0 Å². The summed E-state index contributed by atoms with van der Waals surface area (Å²) in [5.41, 5.74) is 2.55. The summed E-state index contributed by atoms with van der Waals surface area (Å²) in [5, 5.41) is 0. The van der Waals surface area contributed by atoms with Gasteiger partial charge < -0.3 is 4.79 Å². The molecule has 0 N–H and O–H groups in total. The molecule has 0 amide bonds. The molecule has 0 aromatic heterocycles. The molecular formula is C9H16O. The minimum absolute atomic E-state index is 0.0972. The summed E-state index contributed by atoms with van der Waals surface area (Å²) in [6.07, 6.45) is 2.04. The molecule has 0 aliphatic carbocycles. The molecule has 58 valence electrons. The maximum atomic E-state index is 10.3. The lowest BCUT2D eigenvalue weighted by Gasteiger charge is -2.07. The van der Waals surface area contributed by atoms with Crippen LogP contribution < -0.4 is 0 Å². The van der Waals surface area contributed by atoms with E-state index in [4.69, 9.17) is 0 Å². The standard InChI is InChI=1S/C9H16O/c1-5-7(2)9(4)8(3)6-10/h6,8H,5H2,1-4H3/b9-7+. The van der Waals surface area contributed by atoms with Crippen molar-refractivity contribution in [2.75, 3.05) is 0 Å². The molecule has 0 fully saturated rings. The second kappa shape index (κ2) is 4.26. The van der Waals surface area contributed by atoms with Gasteiger partial charge in [-0.1, -0.05) is 25.0 Å². The molecule has 0 saturated heterocycles. The zero-order chi connectivity index (χ0) is 8.15. The Morgan fingerprint density at radius 1 is 1.50 bits per heavy atom. The molecule has 0 bridgehead atoms. The van der Waals surface area contributed by atoms with Gasteiger partial charge in [-0.15, -0.1) is 0 Å². The second-order valence-corrected chi connectivity index (χ2v) is 2.74. The van der Waals surface area contributed by atoms with Crippen LogP contribution in [-0.2, 0) is 4.79 Å². The van der Waals surface area contributed by atoms with Crippen LogP contribution in [-0.4, -0.2) is 6.29 Å². The van der Waals surface area contributed by atoms with Gasteiger partial charge in [-0.05, 0) is 20.3 Å². The molecule has 1 unspecified atom stereocenters. The molecule has 1 nitrogen and oxygen atoms in total. The van der Waals surface area contributed by atoms with Crippen molar-refractivity contribution in [1.29, 1.82) is 0 Å². The maximum absolute atomic E-state index is 10.3. The molecular weight excluding hydrogens is 124 g/mol. The first-order valence-corrected chi connectivity index (χ1v) is 3.75. The lowest BCUT2D eigenvalue weighted by molar-refractivity contribution is -0.109. The maximum Gasteiger partial charge on any atom is 0.126 e. The van der Waals surface area contributed by atoms with Crippen LogP contribution in [0.25, 0.3) is 0 Å². The number of allylic oxidation sites excluding steroid dienone is 2. The van der Waals surface area contributed by atoms with Crippen molar-refractivity contribution >= 4 is 6.29 Å². The van der Waals surface area contributed by atoms with Crippen LogP contribution in [0.2, 0.25) is 0 Å². The van der Waals surface area contributed by atoms with E-state index in [1.807, 2.05) is 13.8 Å². The predicted molar refractivity (Wildman–Crippen MR) is 43.9 cm³/mol. The van der Waals surface area contributed by atoms with Crippen LogP contribution in [0.3, 0.4) is 0 Å². The summed E-state index contributed by atoms with van der Waals surface area (Å²) < 4.78 is 0. The first kappa shape index (κ1) is 9.41. The smallest absolute Gasteiger partial charge is 0.126 e. The van der Waals surface area contributed by atoms with Crippen molar-refractivity contribution in [2.45, 2.75) is 34.1 Å². The highest BCUT2D eigenvalue weighted by molar-refractivity contribution is 5.58. The number of hydrogen-bond donors (Lipinski definition) is 0. The number of rotatable bonds is 3.